The third kappa shape index (κ3) is 3.43. The summed E-state index contributed by atoms with van der Waals surface area (Å²) in [5, 5.41) is 11.1. The van der Waals surface area contributed by atoms with Crippen molar-refractivity contribution >= 4 is 23.3 Å². The fraction of sp³-hybridized carbons (Fsp3) is 0.333. The largest absolute Gasteiger partial charge is 0.313 e. The molecule has 0 radical (unpaired) electrons. The molecule has 2 N–H and O–H groups in total. The fourth-order valence-corrected chi connectivity index (χ4v) is 2.74. The topological polar surface area (TPSA) is 59.0 Å². The van der Waals surface area contributed by atoms with Gasteiger partial charge in [-0.15, -0.1) is 0 Å². The molecule has 1 atom stereocenters. The van der Waals surface area contributed by atoms with Gasteiger partial charge in [-0.1, -0.05) is 17.7 Å². The summed E-state index contributed by atoms with van der Waals surface area (Å²) in [7, 11) is 0. The molecule has 2 heterocycles. The molecule has 1 saturated heterocycles. The van der Waals surface area contributed by atoms with Crippen molar-refractivity contribution in [2.75, 3.05) is 11.9 Å². The van der Waals surface area contributed by atoms with E-state index in [9.17, 15) is 4.79 Å². The Bertz CT molecular complexity index is 634. The predicted molar refractivity (Wildman–Crippen MR) is 82.8 cm³/mol. The first-order valence-electron chi connectivity index (χ1n) is 7.05. The lowest BCUT2D eigenvalue weighted by atomic mass is 10.1. The van der Waals surface area contributed by atoms with Gasteiger partial charge in [0, 0.05) is 23.6 Å². The number of aromatic nitrogens is 2. The number of hydrogen-bond donors (Lipinski definition) is 2. The van der Waals surface area contributed by atoms with E-state index in [1.807, 2.05) is 18.2 Å². The Morgan fingerprint density at radius 2 is 2.38 bits per heavy atom. The summed E-state index contributed by atoms with van der Waals surface area (Å²) in [6.07, 6.45) is 4.34. The number of carbonyl (C=O) groups is 1. The molecule has 2 aromatic rings. The van der Waals surface area contributed by atoms with E-state index in [-0.39, 0.29) is 11.9 Å². The van der Waals surface area contributed by atoms with Crippen LogP contribution in [0.2, 0.25) is 5.02 Å². The Hall–Kier alpha value is -1.85. The van der Waals surface area contributed by atoms with Gasteiger partial charge >= 0.3 is 0 Å². The highest BCUT2D eigenvalue weighted by atomic mass is 35.5. The summed E-state index contributed by atoms with van der Waals surface area (Å²) in [5.41, 5.74) is 0.821. The zero-order chi connectivity index (χ0) is 14.7. The van der Waals surface area contributed by atoms with Gasteiger partial charge in [-0.25, -0.2) is 4.68 Å². The predicted octanol–water partition coefficient (Wildman–Crippen LogP) is 2.61. The van der Waals surface area contributed by atoms with Crippen LogP contribution in [0.25, 0.3) is 5.69 Å². The molecule has 3 rings (SSSR count). The normalized spacial score (nSPS) is 17.9. The van der Waals surface area contributed by atoms with Gasteiger partial charge in [0.15, 0.2) is 0 Å². The van der Waals surface area contributed by atoms with E-state index in [1.54, 1.807) is 23.0 Å². The highest BCUT2D eigenvalue weighted by molar-refractivity contribution is 6.30. The molecule has 21 heavy (non-hydrogen) atoms. The second-order valence-electron chi connectivity index (χ2n) is 5.15. The number of amides is 1. The molecule has 1 aromatic carbocycles. The minimum Gasteiger partial charge on any atom is -0.313 e. The first kappa shape index (κ1) is 14.1. The zero-order valence-electron chi connectivity index (χ0n) is 11.6. The van der Waals surface area contributed by atoms with Crippen molar-refractivity contribution in [3.63, 3.8) is 0 Å². The average Bonchev–Trinajstić information content (AvgIpc) is 3.10. The number of rotatable bonds is 4. The van der Waals surface area contributed by atoms with Crippen LogP contribution in [-0.4, -0.2) is 28.3 Å². The number of anilines is 1. The highest BCUT2D eigenvalue weighted by Crippen LogP contribution is 2.19. The van der Waals surface area contributed by atoms with Crippen LogP contribution >= 0.6 is 11.6 Å². The maximum atomic E-state index is 12.1. The molecule has 1 amide bonds. The van der Waals surface area contributed by atoms with Crippen molar-refractivity contribution in [2.24, 2.45) is 0 Å². The molecule has 110 valence electrons. The number of benzene rings is 1. The lowest BCUT2D eigenvalue weighted by Crippen LogP contribution is -2.28. The minimum atomic E-state index is -0.00169. The van der Waals surface area contributed by atoms with Gasteiger partial charge in [-0.05, 0) is 37.6 Å². The van der Waals surface area contributed by atoms with Crippen molar-refractivity contribution < 1.29 is 4.79 Å². The molecule has 5 nitrogen and oxygen atoms in total. The summed E-state index contributed by atoms with van der Waals surface area (Å²) < 4.78 is 1.67. The van der Waals surface area contributed by atoms with Gasteiger partial charge in [0.25, 0.3) is 0 Å². The van der Waals surface area contributed by atoms with Gasteiger partial charge in [-0.3, -0.25) is 4.79 Å². The van der Waals surface area contributed by atoms with Crippen molar-refractivity contribution in [1.82, 2.24) is 15.1 Å². The highest BCUT2D eigenvalue weighted by Gasteiger charge is 2.18. The van der Waals surface area contributed by atoms with Crippen molar-refractivity contribution in [2.45, 2.75) is 25.3 Å². The molecule has 0 spiro atoms. The first-order valence-corrected chi connectivity index (χ1v) is 7.43. The Labute approximate surface area is 128 Å². The molecule has 0 saturated carbocycles. The van der Waals surface area contributed by atoms with E-state index >= 15 is 0 Å². The van der Waals surface area contributed by atoms with Gasteiger partial charge in [-0.2, -0.15) is 5.10 Å². The van der Waals surface area contributed by atoms with E-state index in [2.05, 4.69) is 15.7 Å². The summed E-state index contributed by atoms with van der Waals surface area (Å²) in [6, 6.07) is 9.43. The summed E-state index contributed by atoms with van der Waals surface area (Å²) >= 11 is 6.00. The molecular weight excluding hydrogens is 288 g/mol. The van der Waals surface area contributed by atoms with Gasteiger partial charge in [0.2, 0.25) is 5.91 Å². The standard InChI is InChI=1S/C15H17ClN4O/c16-11-3-1-5-13(9-11)20-14(6-8-18-20)19-15(21)10-12-4-2-7-17-12/h1,3,5-6,8-9,12,17H,2,4,7,10H2,(H,19,21). The Morgan fingerprint density at radius 1 is 1.48 bits per heavy atom. The Kier molecular flexibility index (Phi) is 4.22. The molecule has 1 aromatic heterocycles. The second-order valence-corrected chi connectivity index (χ2v) is 5.59. The number of nitrogens with one attached hydrogen (secondary N) is 2. The van der Waals surface area contributed by atoms with Gasteiger partial charge in [0.1, 0.15) is 5.82 Å². The van der Waals surface area contributed by atoms with Crippen molar-refractivity contribution in [3.8, 4) is 5.69 Å². The van der Waals surface area contributed by atoms with Crippen molar-refractivity contribution in [3.05, 3.63) is 41.6 Å². The molecule has 1 fully saturated rings. The van der Waals surface area contributed by atoms with Crippen LogP contribution in [0.15, 0.2) is 36.5 Å². The molecule has 1 aliphatic heterocycles. The number of hydrogen-bond acceptors (Lipinski definition) is 3. The molecule has 1 aliphatic rings. The Morgan fingerprint density at radius 3 is 3.14 bits per heavy atom. The number of halogens is 1. The monoisotopic (exact) mass is 304 g/mol. The Balaban J connectivity index is 1.71. The van der Waals surface area contributed by atoms with Crippen LogP contribution in [0.4, 0.5) is 5.82 Å². The van der Waals surface area contributed by atoms with Crippen LogP contribution in [0.3, 0.4) is 0 Å². The van der Waals surface area contributed by atoms with Crippen LogP contribution < -0.4 is 10.6 Å². The summed E-state index contributed by atoms with van der Waals surface area (Å²) in [4.78, 5) is 12.1. The van der Waals surface area contributed by atoms with E-state index in [0.717, 1.165) is 25.1 Å². The van der Waals surface area contributed by atoms with Crippen LogP contribution in [0, 0.1) is 0 Å². The second kappa shape index (κ2) is 6.28. The third-order valence-corrected chi connectivity index (χ3v) is 3.79. The quantitative estimate of drug-likeness (QED) is 0.913. The molecule has 0 aliphatic carbocycles. The SMILES string of the molecule is O=C(CC1CCCN1)Nc1ccnn1-c1cccc(Cl)c1. The molecule has 6 heteroatoms. The van der Waals surface area contributed by atoms with Crippen LogP contribution in [0.5, 0.6) is 0 Å². The smallest absolute Gasteiger partial charge is 0.227 e. The first-order chi connectivity index (χ1) is 10.2. The molecular formula is C15H17ClN4O. The maximum Gasteiger partial charge on any atom is 0.227 e. The van der Waals surface area contributed by atoms with Gasteiger partial charge < -0.3 is 10.6 Å². The lowest BCUT2D eigenvalue weighted by molar-refractivity contribution is -0.116. The summed E-state index contributed by atoms with van der Waals surface area (Å²) in [5.74, 6) is 0.651. The average molecular weight is 305 g/mol. The van der Waals surface area contributed by atoms with Gasteiger partial charge in [0.05, 0.1) is 11.9 Å². The summed E-state index contributed by atoms with van der Waals surface area (Å²) in [6.45, 7) is 0.998. The van der Waals surface area contributed by atoms with E-state index in [1.165, 1.54) is 0 Å². The van der Waals surface area contributed by atoms with E-state index < -0.39 is 0 Å². The third-order valence-electron chi connectivity index (χ3n) is 3.56. The van der Waals surface area contributed by atoms with Crippen LogP contribution in [-0.2, 0) is 4.79 Å². The number of nitrogens with zero attached hydrogens (tertiary/aromatic N) is 2. The number of carbonyl (C=O) groups excluding carboxylic acids is 1. The molecule has 0 bridgehead atoms. The zero-order valence-corrected chi connectivity index (χ0v) is 12.3. The van der Waals surface area contributed by atoms with E-state index in [4.69, 9.17) is 11.6 Å². The maximum absolute atomic E-state index is 12.1. The minimum absolute atomic E-state index is 0.00169. The van der Waals surface area contributed by atoms with Crippen LogP contribution in [0.1, 0.15) is 19.3 Å². The fourth-order valence-electron chi connectivity index (χ4n) is 2.56. The molecule has 1 unspecified atom stereocenters. The van der Waals surface area contributed by atoms with Crippen molar-refractivity contribution in [1.29, 1.82) is 0 Å². The van der Waals surface area contributed by atoms with E-state index in [0.29, 0.717) is 17.3 Å². The lowest BCUT2D eigenvalue weighted by Gasteiger charge is -2.12.